The van der Waals surface area contributed by atoms with Crippen molar-refractivity contribution in [3.63, 3.8) is 0 Å². The van der Waals surface area contributed by atoms with Crippen molar-refractivity contribution < 1.29 is 23.7 Å². The van der Waals surface area contributed by atoms with Crippen LogP contribution in [-0.2, 0) is 20.7 Å². The smallest absolute Gasteiger partial charge is 0.200 e. The molecule has 0 amide bonds. The summed E-state index contributed by atoms with van der Waals surface area (Å²) in [4.78, 5) is 10.6. The zero-order valence-electron chi connectivity index (χ0n) is 14.1. The Kier molecular flexibility index (Phi) is 6.49. The van der Waals surface area contributed by atoms with E-state index in [0.717, 1.165) is 63.6 Å². The summed E-state index contributed by atoms with van der Waals surface area (Å²) >= 11 is 0. The van der Waals surface area contributed by atoms with Crippen LogP contribution in [0.2, 0.25) is 0 Å². The maximum atomic E-state index is 10.6. The second kappa shape index (κ2) is 9.04. The highest BCUT2D eigenvalue weighted by Crippen LogP contribution is 2.33. The van der Waals surface area contributed by atoms with Crippen LogP contribution in [0.4, 0.5) is 0 Å². The Morgan fingerprint density at radius 3 is 2.21 bits per heavy atom. The number of hydrogen-bond donors (Lipinski definition) is 0. The highest BCUT2D eigenvalue weighted by molar-refractivity contribution is 5.51. The van der Waals surface area contributed by atoms with Crippen molar-refractivity contribution in [1.82, 2.24) is 0 Å². The molecule has 0 bridgehead atoms. The van der Waals surface area contributed by atoms with Crippen LogP contribution in [0.25, 0.3) is 0 Å². The van der Waals surface area contributed by atoms with Crippen molar-refractivity contribution in [2.24, 2.45) is 0 Å². The number of rotatable bonds is 7. The maximum absolute atomic E-state index is 10.6. The van der Waals surface area contributed by atoms with E-state index in [1.54, 1.807) is 0 Å². The minimum atomic E-state index is -0.227. The van der Waals surface area contributed by atoms with Crippen molar-refractivity contribution >= 4 is 6.29 Å². The van der Waals surface area contributed by atoms with Crippen molar-refractivity contribution in [2.45, 2.75) is 63.9 Å². The van der Waals surface area contributed by atoms with E-state index in [1.165, 1.54) is 0 Å². The van der Waals surface area contributed by atoms with E-state index in [-0.39, 0.29) is 12.6 Å². The first-order valence-corrected chi connectivity index (χ1v) is 8.98. The molecule has 0 radical (unpaired) electrons. The van der Waals surface area contributed by atoms with Crippen molar-refractivity contribution in [1.29, 1.82) is 0 Å². The molecule has 0 aromatic heterocycles. The molecule has 2 unspecified atom stereocenters. The molecule has 1 aromatic carbocycles. The van der Waals surface area contributed by atoms with Gasteiger partial charge in [0.05, 0.1) is 13.2 Å². The lowest BCUT2D eigenvalue weighted by molar-refractivity contribution is -0.119. The first-order valence-electron chi connectivity index (χ1n) is 8.98. The number of aryl methyl sites for hydroxylation is 1. The largest absolute Gasteiger partial charge is 0.461 e. The Bertz CT molecular complexity index is 518. The van der Waals surface area contributed by atoms with Gasteiger partial charge in [0.25, 0.3) is 0 Å². The molecule has 2 heterocycles. The van der Waals surface area contributed by atoms with Crippen LogP contribution in [0.3, 0.4) is 0 Å². The Hall–Kier alpha value is -1.59. The number of ether oxygens (including phenoxy) is 4. The summed E-state index contributed by atoms with van der Waals surface area (Å²) in [7, 11) is 0. The number of carbonyl (C=O) groups excluding carboxylic acids is 1. The Morgan fingerprint density at radius 2 is 1.62 bits per heavy atom. The van der Waals surface area contributed by atoms with Gasteiger partial charge in [0.1, 0.15) is 6.29 Å². The fourth-order valence-corrected chi connectivity index (χ4v) is 3.01. The van der Waals surface area contributed by atoms with E-state index in [9.17, 15) is 4.79 Å². The highest BCUT2D eigenvalue weighted by Gasteiger charge is 2.21. The van der Waals surface area contributed by atoms with Crippen molar-refractivity contribution in [3.8, 4) is 11.5 Å². The molecule has 0 saturated carbocycles. The maximum Gasteiger partial charge on any atom is 0.200 e. The molecule has 132 valence electrons. The molecule has 24 heavy (non-hydrogen) atoms. The molecule has 5 nitrogen and oxygen atoms in total. The van der Waals surface area contributed by atoms with Gasteiger partial charge in [-0.3, -0.25) is 0 Å². The predicted octanol–water partition coefficient (Wildman–Crippen LogP) is 3.63. The van der Waals surface area contributed by atoms with Gasteiger partial charge in [-0.25, -0.2) is 0 Å². The van der Waals surface area contributed by atoms with E-state index in [2.05, 4.69) is 0 Å². The Labute approximate surface area is 143 Å². The van der Waals surface area contributed by atoms with Crippen LogP contribution in [0.1, 0.15) is 50.5 Å². The molecule has 2 aliphatic rings. The monoisotopic (exact) mass is 334 g/mol. The van der Waals surface area contributed by atoms with Gasteiger partial charge in [0.15, 0.2) is 24.1 Å². The van der Waals surface area contributed by atoms with Gasteiger partial charge in [-0.2, -0.15) is 0 Å². The molecule has 0 aliphatic carbocycles. The first kappa shape index (κ1) is 17.2. The summed E-state index contributed by atoms with van der Waals surface area (Å²) in [6.45, 7) is 1.47. The molecule has 2 fully saturated rings. The first-order chi connectivity index (χ1) is 11.8. The van der Waals surface area contributed by atoms with Crippen LogP contribution in [0.5, 0.6) is 11.5 Å². The lowest BCUT2D eigenvalue weighted by atomic mass is 10.1. The fourth-order valence-electron chi connectivity index (χ4n) is 3.01. The van der Waals surface area contributed by atoms with Crippen LogP contribution >= 0.6 is 0 Å². The van der Waals surface area contributed by atoms with Crippen molar-refractivity contribution in [2.75, 3.05) is 13.2 Å². The molecule has 0 N–H and O–H groups in total. The summed E-state index contributed by atoms with van der Waals surface area (Å²) in [6.07, 6.45) is 7.87. The normalized spacial score (nSPS) is 24.3. The number of aldehydes is 1. The molecule has 2 aliphatic heterocycles. The summed E-state index contributed by atoms with van der Waals surface area (Å²) < 4.78 is 23.4. The van der Waals surface area contributed by atoms with Gasteiger partial charge in [-0.05, 0) is 49.8 Å². The zero-order chi connectivity index (χ0) is 16.6. The summed E-state index contributed by atoms with van der Waals surface area (Å²) in [5.41, 5.74) is 1.06. The molecular weight excluding hydrogens is 308 g/mol. The van der Waals surface area contributed by atoms with Crippen molar-refractivity contribution in [3.05, 3.63) is 23.8 Å². The second-order valence-electron chi connectivity index (χ2n) is 6.31. The third kappa shape index (κ3) is 4.95. The third-order valence-electron chi connectivity index (χ3n) is 4.35. The summed E-state index contributed by atoms with van der Waals surface area (Å²) in [6, 6.07) is 5.85. The topological polar surface area (TPSA) is 54.0 Å². The van der Waals surface area contributed by atoms with E-state index in [1.807, 2.05) is 18.2 Å². The van der Waals surface area contributed by atoms with Crippen LogP contribution in [0.15, 0.2) is 18.2 Å². The number of hydrogen-bond acceptors (Lipinski definition) is 5. The average molecular weight is 334 g/mol. The minimum absolute atomic E-state index is 0.214. The van der Waals surface area contributed by atoms with Crippen LogP contribution < -0.4 is 9.47 Å². The Morgan fingerprint density at radius 1 is 0.958 bits per heavy atom. The van der Waals surface area contributed by atoms with Gasteiger partial charge < -0.3 is 23.7 Å². The fraction of sp³-hybridized carbons (Fsp3) is 0.632. The van der Waals surface area contributed by atoms with E-state index < -0.39 is 0 Å². The quantitative estimate of drug-likeness (QED) is 0.713. The molecule has 0 spiro atoms. The average Bonchev–Trinajstić information content (AvgIpc) is 2.63. The summed E-state index contributed by atoms with van der Waals surface area (Å²) in [5, 5.41) is 0. The minimum Gasteiger partial charge on any atom is -0.461 e. The van der Waals surface area contributed by atoms with E-state index >= 15 is 0 Å². The lowest BCUT2D eigenvalue weighted by Gasteiger charge is -2.27. The highest BCUT2D eigenvalue weighted by atomic mass is 16.7. The second-order valence-corrected chi connectivity index (χ2v) is 6.31. The van der Waals surface area contributed by atoms with Crippen LogP contribution in [0, 0.1) is 0 Å². The number of benzene rings is 1. The van der Waals surface area contributed by atoms with Gasteiger partial charge in [-0.1, -0.05) is 6.07 Å². The number of carbonyl (C=O) groups is 1. The SMILES string of the molecule is O=CCCc1ccc(OC2CCCCO2)c(OC2CCCCO2)c1. The van der Waals surface area contributed by atoms with Gasteiger partial charge in [-0.15, -0.1) is 0 Å². The molecule has 5 heteroatoms. The molecule has 2 saturated heterocycles. The van der Waals surface area contributed by atoms with E-state index in [4.69, 9.17) is 18.9 Å². The van der Waals surface area contributed by atoms with E-state index in [0.29, 0.717) is 24.3 Å². The molecule has 2 atom stereocenters. The third-order valence-corrected chi connectivity index (χ3v) is 4.35. The molecule has 3 rings (SSSR count). The van der Waals surface area contributed by atoms with Crippen LogP contribution in [-0.4, -0.2) is 32.1 Å². The molecule has 1 aromatic rings. The van der Waals surface area contributed by atoms with Gasteiger partial charge in [0.2, 0.25) is 0 Å². The lowest BCUT2D eigenvalue weighted by Crippen LogP contribution is -2.27. The summed E-state index contributed by atoms with van der Waals surface area (Å²) in [5.74, 6) is 1.37. The standard InChI is InChI=1S/C19H26O5/c20-11-5-6-15-9-10-16(23-18-7-1-3-12-21-18)17(14-15)24-19-8-2-4-13-22-19/h9-11,14,18-19H,1-8,12-13H2. The van der Waals surface area contributed by atoms with Gasteiger partial charge >= 0.3 is 0 Å². The molecular formula is C19H26O5. The zero-order valence-corrected chi connectivity index (χ0v) is 14.1. The Balaban J connectivity index is 1.72. The predicted molar refractivity (Wildman–Crippen MR) is 89.3 cm³/mol. The van der Waals surface area contributed by atoms with Gasteiger partial charge in [0, 0.05) is 19.3 Å².